The lowest BCUT2D eigenvalue weighted by atomic mass is 10.2. The molecule has 1 aromatic heterocycles. The number of carbonyl (C=O) groups excluding carboxylic acids is 1. The number of Topliss-reactive ketones (excluding diaryl/α,β-unsaturated/α-hetero) is 1. The first-order chi connectivity index (χ1) is 11.7. The minimum Gasteiger partial charge on any atom is -0.744 e. The van der Waals surface area contributed by atoms with E-state index < -0.39 is 10.1 Å². The number of ketones is 1. The van der Waals surface area contributed by atoms with Crippen LogP contribution in [0.4, 0.5) is 0 Å². The zero-order valence-electron chi connectivity index (χ0n) is 14.3. The smallest absolute Gasteiger partial charge is 0.248 e. The Kier molecular flexibility index (Phi) is 7.69. The molecule has 0 aliphatic heterocycles. The maximum atomic E-state index is 11.2. The Morgan fingerprint density at radius 3 is 2.48 bits per heavy atom. The molecule has 0 unspecified atom stereocenters. The number of carbonyl (C=O) groups is 1. The molecular formula is C17H21NO6S. The van der Waals surface area contributed by atoms with E-state index in [4.69, 9.17) is 9.84 Å². The predicted octanol–water partition coefficient (Wildman–Crippen LogP) is 1.43. The highest BCUT2D eigenvalue weighted by Crippen LogP contribution is 2.19. The van der Waals surface area contributed by atoms with Crippen LogP contribution in [-0.4, -0.2) is 37.6 Å². The SMILES string of the molecule is COCC[n+]1ccccc1C(C)=O.Cc1ccc(O)cc1S(=O)(=O)[O-]. The van der Waals surface area contributed by atoms with Gasteiger partial charge in [-0.3, -0.25) is 4.79 Å². The first kappa shape index (κ1) is 20.8. The largest absolute Gasteiger partial charge is 0.744 e. The number of aromatic hydroxyl groups is 1. The van der Waals surface area contributed by atoms with Gasteiger partial charge in [-0.2, -0.15) is 4.57 Å². The van der Waals surface area contributed by atoms with Gasteiger partial charge in [0.25, 0.3) is 0 Å². The number of hydrogen-bond donors (Lipinski definition) is 1. The van der Waals surface area contributed by atoms with Crippen molar-refractivity contribution in [3.63, 3.8) is 0 Å². The molecule has 0 aliphatic rings. The molecule has 0 bridgehead atoms. The third-order valence-electron chi connectivity index (χ3n) is 3.28. The predicted molar refractivity (Wildman–Crippen MR) is 89.3 cm³/mol. The summed E-state index contributed by atoms with van der Waals surface area (Å²) >= 11 is 0. The molecule has 0 amide bonds. The molecule has 0 radical (unpaired) electrons. The molecule has 0 atom stereocenters. The average Bonchev–Trinajstić information content (AvgIpc) is 2.55. The molecule has 1 aromatic carbocycles. The third-order valence-corrected chi connectivity index (χ3v) is 4.26. The minimum absolute atomic E-state index is 0.0803. The summed E-state index contributed by atoms with van der Waals surface area (Å²) in [6.07, 6.45) is 1.88. The van der Waals surface area contributed by atoms with Crippen molar-refractivity contribution in [2.45, 2.75) is 25.3 Å². The number of phenolic OH excluding ortho intramolecular Hbond substituents is 1. The Morgan fingerprint density at radius 1 is 1.28 bits per heavy atom. The quantitative estimate of drug-likeness (QED) is 0.487. The van der Waals surface area contributed by atoms with E-state index in [1.54, 1.807) is 14.0 Å². The minimum atomic E-state index is -4.47. The number of ether oxygens (including phenoxy) is 1. The fourth-order valence-electron chi connectivity index (χ4n) is 2.04. The summed E-state index contributed by atoms with van der Waals surface area (Å²) in [4.78, 5) is 10.8. The zero-order valence-corrected chi connectivity index (χ0v) is 15.1. The van der Waals surface area contributed by atoms with Crippen LogP contribution in [0, 0.1) is 6.92 Å². The molecule has 1 N–H and O–H groups in total. The van der Waals surface area contributed by atoms with Gasteiger partial charge < -0.3 is 14.4 Å². The van der Waals surface area contributed by atoms with E-state index >= 15 is 0 Å². The van der Waals surface area contributed by atoms with Crippen molar-refractivity contribution in [1.29, 1.82) is 0 Å². The number of methoxy groups -OCH3 is 1. The molecule has 25 heavy (non-hydrogen) atoms. The number of aromatic nitrogens is 1. The molecule has 0 fully saturated rings. The first-order valence-corrected chi connectivity index (χ1v) is 8.81. The van der Waals surface area contributed by atoms with Crippen LogP contribution in [0.15, 0.2) is 47.5 Å². The number of nitrogens with zero attached hydrogens (tertiary/aromatic N) is 1. The second kappa shape index (κ2) is 9.26. The van der Waals surface area contributed by atoms with Crippen LogP contribution < -0.4 is 4.57 Å². The van der Waals surface area contributed by atoms with Gasteiger partial charge in [0.05, 0.1) is 4.90 Å². The monoisotopic (exact) mass is 367 g/mol. The Balaban J connectivity index is 0.000000251. The molecule has 136 valence electrons. The molecule has 0 saturated carbocycles. The van der Waals surface area contributed by atoms with Gasteiger partial charge >= 0.3 is 0 Å². The second-order valence-corrected chi connectivity index (χ2v) is 6.58. The molecule has 0 spiro atoms. The Morgan fingerprint density at radius 2 is 1.96 bits per heavy atom. The lowest BCUT2D eigenvalue weighted by Gasteiger charge is -2.09. The molecular weight excluding hydrogens is 346 g/mol. The average molecular weight is 367 g/mol. The highest BCUT2D eigenvalue weighted by atomic mass is 32.2. The van der Waals surface area contributed by atoms with Crippen LogP contribution in [0.2, 0.25) is 0 Å². The maximum absolute atomic E-state index is 11.2. The molecule has 2 aromatic rings. The molecule has 0 aliphatic carbocycles. The van der Waals surface area contributed by atoms with Crippen molar-refractivity contribution in [3.8, 4) is 5.75 Å². The van der Waals surface area contributed by atoms with Crippen LogP contribution in [0.5, 0.6) is 5.75 Å². The lowest BCUT2D eigenvalue weighted by Crippen LogP contribution is -2.41. The van der Waals surface area contributed by atoms with Gasteiger partial charge in [-0.1, -0.05) is 6.07 Å². The summed E-state index contributed by atoms with van der Waals surface area (Å²) in [5.41, 5.74) is 1.06. The van der Waals surface area contributed by atoms with E-state index in [0.717, 1.165) is 11.8 Å². The molecule has 8 heteroatoms. The number of rotatable bonds is 5. The van der Waals surface area contributed by atoms with Crippen LogP contribution in [-0.2, 0) is 21.4 Å². The topological polar surface area (TPSA) is 108 Å². The normalized spacial score (nSPS) is 10.7. The first-order valence-electron chi connectivity index (χ1n) is 7.40. The maximum Gasteiger partial charge on any atom is 0.248 e. The van der Waals surface area contributed by atoms with E-state index in [1.807, 2.05) is 29.0 Å². The van der Waals surface area contributed by atoms with Crippen molar-refractivity contribution >= 4 is 15.9 Å². The number of benzene rings is 1. The van der Waals surface area contributed by atoms with Gasteiger partial charge in [-0.25, -0.2) is 8.42 Å². The third kappa shape index (κ3) is 6.61. The van der Waals surface area contributed by atoms with Gasteiger partial charge in [-0.05, 0) is 30.7 Å². The molecule has 0 saturated heterocycles. The van der Waals surface area contributed by atoms with Crippen molar-refractivity contribution in [2.75, 3.05) is 13.7 Å². The fraction of sp³-hybridized carbons (Fsp3) is 0.294. The van der Waals surface area contributed by atoms with Gasteiger partial charge in [0.2, 0.25) is 11.5 Å². The molecule has 1 heterocycles. The van der Waals surface area contributed by atoms with E-state index in [1.165, 1.54) is 19.1 Å². The van der Waals surface area contributed by atoms with Crippen LogP contribution in [0.1, 0.15) is 23.0 Å². The van der Waals surface area contributed by atoms with Gasteiger partial charge in [0.1, 0.15) is 22.5 Å². The Hall–Kier alpha value is -2.29. The van der Waals surface area contributed by atoms with E-state index in [0.29, 0.717) is 18.7 Å². The van der Waals surface area contributed by atoms with Crippen molar-refractivity contribution < 1.29 is 32.2 Å². The standard InChI is InChI=1S/C10H14NO2.C7H8O4S/c1-9(12)10-5-3-4-6-11(10)7-8-13-2;1-5-2-3-6(8)4-7(5)12(9,10)11/h3-6H,7-8H2,1-2H3;2-4,8H,1H3,(H,9,10,11)/q+1;/p-1. The van der Waals surface area contributed by atoms with E-state index in [-0.39, 0.29) is 16.4 Å². The van der Waals surface area contributed by atoms with Crippen LogP contribution in [0.25, 0.3) is 0 Å². The van der Waals surface area contributed by atoms with Gasteiger partial charge in [-0.15, -0.1) is 0 Å². The summed E-state index contributed by atoms with van der Waals surface area (Å²) in [5.74, 6) is -0.147. The highest BCUT2D eigenvalue weighted by molar-refractivity contribution is 7.85. The summed E-state index contributed by atoms with van der Waals surface area (Å²) in [6.45, 7) is 4.39. The van der Waals surface area contributed by atoms with Crippen molar-refractivity contribution in [3.05, 3.63) is 53.9 Å². The highest BCUT2D eigenvalue weighted by Gasteiger charge is 2.12. The molecule has 2 rings (SSSR count). The Bertz CT molecular complexity index is 833. The van der Waals surface area contributed by atoms with Crippen molar-refractivity contribution in [2.24, 2.45) is 0 Å². The number of hydrogen-bond acceptors (Lipinski definition) is 6. The summed E-state index contributed by atoms with van der Waals surface area (Å²) in [5, 5.41) is 8.90. The van der Waals surface area contributed by atoms with Gasteiger partial charge in [0.15, 0.2) is 12.7 Å². The lowest BCUT2D eigenvalue weighted by molar-refractivity contribution is -0.700. The number of phenols is 1. The summed E-state index contributed by atoms with van der Waals surface area (Å²) in [7, 11) is -2.82. The molecule has 7 nitrogen and oxygen atoms in total. The zero-order chi connectivity index (χ0) is 19.0. The number of pyridine rings is 1. The van der Waals surface area contributed by atoms with Crippen LogP contribution in [0.3, 0.4) is 0 Å². The second-order valence-electron chi connectivity index (χ2n) is 5.23. The summed E-state index contributed by atoms with van der Waals surface area (Å²) < 4.78 is 38.5. The summed E-state index contributed by atoms with van der Waals surface area (Å²) in [6, 6.07) is 9.22. The Labute approximate surface area is 147 Å². The van der Waals surface area contributed by atoms with Gasteiger partial charge in [0, 0.05) is 26.2 Å². The fourth-order valence-corrected chi connectivity index (χ4v) is 2.77. The van der Waals surface area contributed by atoms with E-state index in [9.17, 15) is 17.8 Å². The number of aryl methyl sites for hydroxylation is 1. The van der Waals surface area contributed by atoms with Crippen LogP contribution >= 0.6 is 0 Å². The van der Waals surface area contributed by atoms with E-state index in [2.05, 4.69) is 0 Å². The van der Waals surface area contributed by atoms with Crippen molar-refractivity contribution in [1.82, 2.24) is 0 Å².